The highest BCUT2D eigenvalue weighted by Crippen LogP contribution is 2.20. The number of carbonyl (C=O) groups is 2. The Kier molecular flexibility index (Phi) is 5.85. The van der Waals surface area contributed by atoms with E-state index >= 15 is 0 Å². The Balaban J connectivity index is 1.28. The van der Waals surface area contributed by atoms with Crippen LogP contribution < -0.4 is 4.90 Å². The summed E-state index contributed by atoms with van der Waals surface area (Å²) in [7, 11) is 0. The molecule has 0 radical (unpaired) electrons. The van der Waals surface area contributed by atoms with Crippen molar-refractivity contribution >= 4 is 29.4 Å². The Morgan fingerprint density at radius 3 is 2.38 bits per heavy atom. The molecule has 29 heavy (non-hydrogen) atoms. The molecule has 0 spiro atoms. The molecule has 0 aliphatic carbocycles. The van der Waals surface area contributed by atoms with Crippen LogP contribution in [0.3, 0.4) is 0 Å². The highest BCUT2D eigenvalue weighted by atomic mass is 35.5. The molecule has 4 rings (SSSR count). The Hall–Kier alpha value is -2.80. The molecule has 2 aromatic rings. The summed E-state index contributed by atoms with van der Waals surface area (Å²) >= 11 is 6.21. The van der Waals surface area contributed by atoms with Gasteiger partial charge in [-0.2, -0.15) is 0 Å². The van der Waals surface area contributed by atoms with Crippen LogP contribution in [-0.4, -0.2) is 77.4 Å². The fraction of sp³-hybridized carbons (Fsp3) is 0.381. The van der Waals surface area contributed by atoms with Gasteiger partial charge >= 0.3 is 6.03 Å². The maximum Gasteiger partial charge on any atom is 0.320 e. The van der Waals surface area contributed by atoms with Gasteiger partial charge in [-0.05, 0) is 23.8 Å². The number of urea groups is 1. The second kappa shape index (κ2) is 8.69. The Bertz CT molecular complexity index is 870. The first-order chi connectivity index (χ1) is 14.1. The van der Waals surface area contributed by atoms with E-state index in [1.165, 1.54) is 0 Å². The molecule has 0 bridgehead atoms. The van der Waals surface area contributed by atoms with E-state index in [1.54, 1.807) is 16.0 Å². The summed E-state index contributed by atoms with van der Waals surface area (Å²) in [6.45, 7) is 4.52. The average Bonchev–Trinajstić information content (AvgIpc) is 3.10. The molecule has 1 aromatic heterocycles. The van der Waals surface area contributed by atoms with E-state index in [0.717, 1.165) is 24.5 Å². The van der Waals surface area contributed by atoms with Crippen molar-refractivity contribution in [2.75, 3.05) is 50.7 Å². The summed E-state index contributed by atoms with van der Waals surface area (Å²) in [5.41, 5.74) is 0.918. The number of carbonyl (C=O) groups excluding carboxylic acids is 2. The van der Waals surface area contributed by atoms with Gasteiger partial charge < -0.3 is 19.6 Å². The maximum atomic E-state index is 12.7. The molecule has 3 amide bonds. The molecule has 0 atom stereocenters. The molecule has 152 valence electrons. The topological polar surface area (TPSA) is 60.0 Å². The third-order valence-corrected chi connectivity index (χ3v) is 5.80. The molecule has 1 aromatic carbocycles. The predicted octanol–water partition coefficient (Wildman–Crippen LogP) is 2.32. The average molecular weight is 414 g/mol. The van der Waals surface area contributed by atoms with Crippen LogP contribution in [0.2, 0.25) is 5.02 Å². The molecular formula is C21H24ClN5O2. The third-order valence-electron chi connectivity index (χ3n) is 5.43. The van der Waals surface area contributed by atoms with Crippen LogP contribution in [0, 0.1) is 0 Å². The first-order valence-corrected chi connectivity index (χ1v) is 10.2. The Labute approximate surface area is 175 Å². The number of hydrogen-bond acceptors (Lipinski definition) is 4. The van der Waals surface area contributed by atoms with E-state index in [2.05, 4.69) is 9.88 Å². The zero-order chi connectivity index (χ0) is 20.2. The maximum absolute atomic E-state index is 12.7. The number of amides is 3. The van der Waals surface area contributed by atoms with Gasteiger partial charge in [0.25, 0.3) is 0 Å². The fourth-order valence-corrected chi connectivity index (χ4v) is 3.94. The lowest BCUT2D eigenvalue weighted by molar-refractivity contribution is -0.132. The van der Waals surface area contributed by atoms with Crippen LogP contribution in [0.25, 0.3) is 0 Å². The van der Waals surface area contributed by atoms with Gasteiger partial charge in [-0.1, -0.05) is 35.9 Å². The molecule has 3 heterocycles. The lowest BCUT2D eigenvalue weighted by atomic mass is 10.2. The highest BCUT2D eigenvalue weighted by Gasteiger charge is 2.32. The van der Waals surface area contributed by atoms with Gasteiger partial charge in [0, 0.05) is 57.0 Å². The van der Waals surface area contributed by atoms with Crippen LogP contribution in [0.15, 0.2) is 48.7 Å². The lowest BCUT2D eigenvalue weighted by Crippen LogP contribution is -2.51. The zero-order valence-electron chi connectivity index (χ0n) is 16.2. The SMILES string of the molecule is O=C(CN1CCN(Cc2ccccc2Cl)C1=O)N1CCN(c2ccccn2)CC1. The number of benzene rings is 1. The first kappa shape index (κ1) is 19.5. The number of aromatic nitrogens is 1. The molecule has 8 heteroatoms. The van der Waals surface area contributed by atoms with E-state index in [4.69, 9.17) is 11.6 Å². The molecule has 0 unspecified atom stereocenters. The molecule has 0 saturated carbocycles. The van der Waals surface area contributed by atoms with Gasteiger partial charge in [-0.3, -0.25) is 4.79 Å². The van der Waals surface area contributed by atoms with E-state index in [1.807, 2.05) is 47.4 Å². The lowest BCUT2D eigenvalue weighted by Gasteiger charge is -2.36. The van der Waals surface area contributed by atoms with Crippen molar-refractivity contribution in [2.24, 2.45) is 0 Å². The van der Waals surface area contributed by atoms with Crippen molar-refractivity contribution in [2.45, 2.75) is 6.54 Å². The molecule has 2 fully saturated rings. The van der Waals surface area contributed by atoms with Crippen LogP contribution in [0.4, 0.5) is 10.6 Å². The van der Waals surface area contributed by atoms with Gasteiger partial charge in [-0.25, -0.2) is 9.78 Å². The van der Waals surface area contributed by atoms with Gasteiger partial charge in [0.05, 0.1) is 0 Å². The number of halogens is 1. The Morgan fingerprint density at radius 2 is 1.66 bits per heavy atom. The number of piperazine rings is 1. The van der Waals surface area contributed by atoms with E-state index in [0.29, 0.717) is 37.7 Å². The second-order valence-corrected chi connectivity index (χ2v) is 7.68. The molecule has 0 N–H and O–H groups in total. The quantitative estimate of drug-likeness (QED) is 0.754. The summed E-state index contributed by atoms with van der Waals surface area (Å²) < 4.78 is 0. The second-order valence-electron chi connectivity index (χ2n) is 7.27. The largest absolute Gasteiger partial charge is 0.353 e. The van der Waals surface area contributed by atoms with Gasteiger partial charge in [0.15, 0.2) is 0 Å². The summed E-state index contributed by atoms with van der Waals surface area (Å²) in [4.78, 5) is 37.2. The zero-order valence-corrected chi connectivity index (χ0v) is 17.0. The smallest absolute Gasteiger partial charge is 0.320 e. The first-order valence-electron chi connectivity index (χ1n) is 9.83. The van der Waals surface area contributed by atoms with Crippen LogP contribution in [0.5, 0.6) is 0 Å². The van der Waals surface area contributed by atoms with Crippen molar-refractivity contribution in [3.63, 3.8) is 0 Å². The minimum atomic E-state index is -0.106. The number of rotatable bonds is 5. The van der Waals surface area contributed by atoms with Crippen LogP contribution in [0.1, 0.15) is 5.56 Å². The summed E-state index contributed by atoms with van der Waals surface area (Å²) in [6, 6.07) is 13.3. The molecule has 2 aliphatic rings. The number of hydrogen-bond donors (Lipinski definition) is 0. The van der Waals surface area contributed by atoms with E-state index in [-0.39, 0.29) is 18.5 Å². The molecule has 2 saturated heterocycles. The normalized spacial score (nSPS) is 17.2. The summed E-state index contributed by atoms with van der Waals surface area (Å²) in [6.07, 6.45) is 1.78. The van der Waals surface area contributed by atoms with Crippen molar-refractivity contribution in [1.82, 2.24) is 19.7 Å². The molecule has 7 nitrogen and oxygen atoms in total. The number of anilines is 1. The van der Waals surface area contributed by atoms with Crippen molar-refractivity contribution in [1.29, 1.82) is 0 Å². The van der Waals surface area contributed by atoms with E-state index < -0.39 is 0 Å². The van der Waals surface area contributed by atoms with Crippen LogP contribution >= 0.6 is 11.6 Å². The van der Waals surface area contributed by atoms with Crippen molar-refractivity contribution in [3.8, 4) is 0 Å². The standard InChI is InChI=1S/C21H24ClN5O2/c22-18-6-2-1-5-17(18)15-26-13-14-27(21(26)29)16-20(28)25-11-9-24(10-12-25)19-7-3-4-8-23-19/h1-8H,9-16H2. The monoisotopic (exact) mass is 413 g/mol. The van der Waals surface area contributed by atoms with Crippen molar-refractivity contribution in [3.05, 3.63) is 59.2 Å². The van der Waals surface area contributed by atoms with Crippen molar-refractivity contribution < 1.29 is 9.59 Å². The number of pyridine rings is 1. The van der Waals surface area contributed by atoms with Gasteiger partial charge in [0.1, 0.15) is 12.4 Å². The fourth-order valence-electron chi connectivity index (χ4n) is 3.75. The Morgan fingerprint density at radius 1 is 0.931 bits per heavy atom. The van der Waals surface area contributed by atoms with Gasteiger partial charge in [0.2, 0.25) is 5.91 Å². The molecule has 2 aliphatic heterocycles. The van der Waals surface area contributed by atoms with Crippen LogP contribution in [-0.2, 0) is 11.3 Å². The summed E-state index contributed by atoms with van der Waals surface area (Å²) in [5.74, 6) is 0.933. The number of nitrogens with zero attached hydrogens (tertiary/aromatic N) is 5. The molecular weight excluding hydrogens is 390 g/mol. The third kappa shape index (κ3) is 4.45. The highest BCUT2D eigenvalue weighted by molar-refractivity contribution is 6.31. The van der Waals surface area contributed by atoms with Gasteiger partial charge in [-0.15, -0.1) is 0 Å². The minimum absolute atomic E-state index is 0.00128. The van der Waals surface area contributed by atoms with E-state index in [9.17, 15) is 9.59 Å². The summed E-state index contributed by atoms with van der Waals surface area (Å²) in [5, 5.41) is 0.653. The minimum Gasteiger partial charge on any atom is -0.353 e. The predicted molar refractivity (Wildman–Crippen MR) is 112 cm³/mol.